The fraction of sp³-hybridized carbons (Fsp3) is 0.400. The summed E-state index contributed by atoms with van der Waals surface area (Å²) in [7, 11) is 0. The molecule has 0 saturated heterocycles. The smallest absolute Gasteiger partial charge is 0.174 e. The standard InChI is InChI=1S/C10H14O2S/c1-10(2,3)12-9-7(11)5-4-6-8(9)13/h4-6,11,13H,1-3H3. The van der Waals surface area contributed by atoms with Crippen LogP contribution in [0, 0.1) is 0 Å². The van der Waals surface area contributed by atoms with Gasteiger partial charge >= 0.3 is 0 Å². The van der Waals surface area contributed by atoms with Crippen LogP contribution in [0.3, 0.4) is 0 Å². The van der Waals surface area contributed by atoms with Gasteiger partial charge in [-0.15, -0.1) is 12.6 Å². The highest BCUT2D eigenvalue weighted by atomic mass is 32.1. The van der Waals surface area contributed by atoms with E-state index in [1.165, 1.54) is 0 Å². The van der Waals surface area contributed by atoms with E-state index in [4.69, 9.17) is 4.74 Å². The minimum absolute atomic E-state index is 0.127. The molecule has 0 bridgehead atoms. The first-order valence-electron chi connectivity index (χ1n) is 4.10. The first-order chi connectivity index (χ1) is 5.90. The highest BCUT2D eigenvalue weighted by Gasteiger charge is 2.16. The average molecular weight is 198 g/mol. The van der Waals surface area contributed by atoms with Crippen molar-refractivity contribution in [2.75, 3.05) is 0 Å². The zero-order valence-corrected chi connectivity index (χ0v) is 8.93. The summed E-state index contributed by atoms with van der Waals surface area (Å²) in [5.41, 5.74) is -0.323. The van der Waals surface area contributed by atoms with Crippen molar-refractivity contribution in [2.24, 2.45) is 0 Å². The van der Waals surface area contributed by atoms with Crippen LogP contribution in [-0.2, 0) is 0 Å². The van der Waals surface area contributed by atoms with Crippen LogP contribution in [0.1, 0.15) is 20.8 Å². The molecule has 13 heavy (non-hydrogen) atoms. The van der Waals surface area contributed by atoms with Gasteiger partial charge in [0.25, 0.3) is 0 Å². The Morgan fingerprint density at radius 3 is 2.38 bits per heavy atom. The van der Waals surface area contributed by atoms with Gasteiger partial charge in [-0.1, -0.05) is 6.07 Å². The van der Waals surface area contributed by atoms with Gasteiger partial charge in [0.1, 0.15) is 5.60 Å². The summed E-state index contributed by atoms with van der Waals surface area (Å²) in [6, 6.07) is 5.10. The molecule has 0 heterocycles. The molecule has 0 amide bonds. The fourth-order valence-electron chi connectivity index (χ4n) is 0.924. The molecule has 0 aromatic heterocycles. The number of hydrogen-bond acceptors (Lipinski definition) is 3. The van der Waals surface area contributed by atoms with E-state index in [9.17, 15) is 5.11 Å². The Balaban J connectivity index is 3.00. The average Bonchev–Trinajstić information content (AvgIpc) is 1.95. The molecular formula is C10H14O2S. The third-order valence-corrected chi connectivity index (χ3v) is 1.73. The molecule has 0 aliphatic carbocycles. The van der Waals surface area contributed by atoms with Gasteiger partial charge in [-0.2, -0.15) is 0 Å². The van der Waals surface area contributed by atoms with Crippen LogP contribution in [0.4, 0.5) is 0 Å². The number of phenols is 1. The van der Waals surface area contributed by atoms with Crippen molar-refractivity contribution in [1.82, 2.24) is 0 Å². The normalized spacial score (nSPS) is 11.4. The van der Waals surface area contributed by atoms with Crippen molar-refractivity contribution in [2.45, 2.75) is 31.3 Å². The molecule has 3 heteroatoms. The lowest BCUT2D eigenvalue weighted by molar-refractivity contribution is 0.121. The van der Waals surface area contributed by atoms with Gasteiger partial charge in [0.05, 0.1) is 4.90 Å². The summed E-state index contributed by atoms with van der Waals surface area (Å²) >= 11 is 4.19. The van der Waals surface area contributed by atoms with Gasteiger partial charge in [0.2, 0.25) is 0 Å². The van der Waals surface area contributed by atoms with Crippen molar-refractivity contribution in [3.05, 3.63) is 18.2 Å². The maximum atomic E-state index is 9.48. The Morgan fingerprint density at radius 2 is 1.92 bits per heavy atom. The van der Waals surface area contributed by atoms with Gasteiger partial charge in [0, 0.05) is 0 Å². The topological polar surface area (TPSA) is 29.5 Å². The van der Waals surface area contributed by atoms with Crippen LogP contribution in [-0.4, -0.2) is 10.7 Å². The second-order valence-corrected chi connectivity index (χ2v) is 4.32. The van der Waals surface area contributed by atoms with E-state index in [2.05, 4.69) is 12.6 Å². The van der Waals surface area contributed by atoms with Gasteiger partial charge in [-0.25, -0.2) is 0 Å². The number of hydrogen-bond donors (Lipinski definition) is 2. The maximum absolute atomic E-state index is 9.48. The maximum Gasteiger partial charge on any atom is 0.174 e. The van der Waals surface area contributed by atoms with Crippen molar-refractivity contribution >= 4 is 12.6 Å². The van der Waals surface area contributed by atoms with Crippen molar-refractivity contribution in [1.29, 1.82) is 0 Å². The lowest BCUT2D eigenvalue weighted by Gasteiger charge is -2.22. The summed E-state index contributed by atoms with van der Waals surface area (Å²) in [4.78, 5) is 0.648. The van der Waals surface area contributed by atoms with Crippen molar-refractivity contribution < 1.29 is 9.84 Å². The zero-order chi connectivity index (χ0) is 10.1. The van der Waals surface area contributed by atoms with Gasteiger partial charge in [0.15, 0.2) is 11.5 Å². The molecule has 1 rings (SSSR count). The SMILES string of the molecule is CC(C)(C)Oc1c(O)cccc1S. The summed E-state index contributed by atoms with van der Waals surface area (Å²) in [5, 5.41) is 9.48. The van der Waals surface area contributed by atoms with Crippen LogP contribution in [0.2, 0.25) is 0 Å². The van der Waals surface area contributed by atoms with Crippen LogP contribution in [0.5, 0.6) is 11.5 Å². The van der Waals surface area contributed by atoms with Crippen molar-refractivity contribution in [3.63, 3.8) is 0 Å². The number of rotatable bonds is 1. The van der Waals surface area contributed by atoms with E-state index in [0.29, 0.717) is 10.6 Å². The molecule has 0 spiro atoms. The first kappa shape index (κ1) is 10.3. The van der Waals surface area contributed by atoms with Gasteiger partial charge in [-0.3, -0.25) is 0 Å². The van der Waals surface area contributed by atoms with Crippen molar-refractivity contribution in [3.8, 4) is 11.5 Å². The molecule has 72 valence electrons. The second-order valence-electron chi connectivity index (χ2n) is 3.84. The number of para-hydroxylation sites is 1. The first-order valence-corrected chi connectivity index (χ1v) is 4.55. The number of aromatic hydroxyl groups is 1. The molecule has 1 N–H and O–H groups in total. The van der Waals surface area contributed by atoms with E-state index < -0.39 is 0 Å². The van der Waals surface area contributed by atoms with Crippen LogP contribution in [0.25, 0.3) is 0 Å². The molecule has 0 atom stereocenters. The highest BCUT2D eigenvalue weighted by molar-refractivity contribution is 7.80. The molecule has 0 fully saturated rings. The molecular weight excluding hydrogens is 184 g/mol. The number of benzene rings is 1. The molecule has 0 saturated carbocycles. The number of phenolic OH excluding ortho intramolecular Hbond substituents is 1. The number of thiol groups is 1. The van der Waals surface area contributed by atoms with Crippen LogP contribution >= 0.6 is 12.6 Å². The van der Waals surface area contributed by atoms with E-state index in [1.807, 2.05) is 20.8 Å². The summed E-state index contributed by atoms with van der Waals surface area (Å²) in [6.07, 6.45) is 0. The predicted octanol–water partition coefficient (Wildman–Crippen LogP) is 2.86. The zero-order valence-electron chi connectivity index (χ0n) is 8.03. The van der Waals surface area contributed by atoms with Gasteiger partial charge in [-0.05, 0) is 32.9 Å². The predicted molar refractivity (Wildman–Crippen MR) is 55.7 cm³/mol. The summed E-state index contributed by atoms with van der Waals surface area (Å²) in [5.74, 6) is 0.570. The third-order valence-electron chi connectivity index (χ3n) is 1.38. The Kier molecular flexibility index (Phi) is 2.76. The molecule has 1 aromatic rings. The van der Waals surface area contributed by atoms with E-state index >= 15 is 0 Å². The van der Waals surface area contributed by atoms with E-state index in [-0.39, 0.29) is 11.4 Å². The summed E-state index contributed by atoms with van der Waals surface area (Å²) < 4.78 is 5.54. The van der Waals surface area contributed by atoms with E-state index in [0.717, 1.165) is 0 Å². The quantitative estimate of drug-likeness (QED) is 0.679. The monoisotopic (exact) mass is 198 g/mol. The minimum Gasteiger partial charge on any atom is -0.504 e. The Labute approximate surface area is 84.0 Å². The second kappa shape index (κ2) is 3.50. The Hall–Kier alpha value is -0.830. The van der Waals surface area contributed by atoms with Crippen LogP contribution < -0.4 is 4.74 Å². The molecule has 0 radical (unpaired) electrons. The van der Waals surface area contributed by atoms with Gasteiger partial charge < -0.3 is 9.84 Å². The Bertz CT molecular complexity index is 282. The lowest BCUT2D eigenvalue weighted by Crippen LogP contribution is -2.23. The molecule has 0 aliphatic rings. The molecule has 0 aliphatic heterocycles. The van der Waals surface area contributed by atoms with Crippen LogP contribution in [0.15, 0.2) is 23.1 Å². The lowest BCUT2D eigenvalue weighted by atomic mass is 10.2. The third kappa shape index (κ3) is 2.84. The minimum atomic E-state index is -0.323. The largest absolute Gasteiger partial charge is 0.504 e. The number of ether oxygens (including phenoxy) is 1. The summed E-state index contributed by atoms with van der Waals surface area (Å²) in [6.45, 7) is 5.77. The van der Waals surface area contributed by atoms with E-state index in [1.54, 1.807) is 18.2 Å². The fourth-order valence-corrected chi connectivity index (χ4v) is 1.17. The highest BCUT2D eigenvalue weighted by Crippen LogP contribution is 2.34. The molecule has 1 aromatic carbocycles. The molecule has 0 unspecified atom stereocenters. The molecule has 2 nitrogen and oxygen atoms in total. The Morgan fingerprint density at radius 1 is 1.31 bits per heavy atom.